The SMILES string of the molecule is CCC(C)CCCCCCCCCCCCCCCCC(=O)O[C@H](COC(=O)CCCCCCCCC(C)C)COP(=O)(O)OC[C@H](O)COP(=O)(O)OC[C@@H](COC(=O)CCCCCCCCCCCCC(C)CC)OC(=O)CCCCCCCCCCCCCCCCC(C)C. The van der Waals surface area contributed by atoms with Gasteiger partial charge in [0.05, 0.1) is 26.4 Å². The largest absolute Gasteiger partial charge is 0.472 e. The van der Waals surface area contributed by atoms with Crippen molar-refractivity contribution in [2.24, 2.45) is 23.7 Å². The van der Waals surface area contributed by atoms with E-state index in [0.29, 0.717) is 31.6 Å². The summed E-state index contributed by atoms with van der Waals surface area (Å²) in [6.07, 6.45) is 54.1. The number of aliphatic hydroxyl groups is 1. The molecular weight excluding hydrogens is 1280 g/mol. The van der Waals surface area contributed by atoms with E-state index in [1.54, 1.807) is 0 Å². The van der Waals surface area contributed by atoms with Crippen LogP contribution in [-0.4, -0.2) is 96.7 Å². The van der Waals surface area contributed by atoms with E-state index in [0.717, 1.165) is 114 Å². The van der Waals surface area contributed by atoms with Crippen LogP contribution in [-0.2, 0) is 65.4 Å². The Morgan fingerprint density at radius 2 is 0.490 bits per heavy atom. The molecule has 0 aliphatic heterocycles. The van der Waals surface area contributed by atoms with Crippen LogP contribution in [0.2, 0.25) is 0 Å². The molecule has 0 aliphatic carbocycles. The van der Waals surface area contributed by atoms with Crippen molar-refractivity contribution in [3.8, 4) is 0 Å². The minimum absolute atomic E-state index is 0.106. The lowest BCUT2D eigenvalue weighted by Gasteiger charge is -2.21. The fraction of sp³-hybridized carbons (Fsp3) is 0.949. The number of esters is 4. The molecule has 0 aromatic heterocycles. The molecule has 0 bridgehead atoms. The van der Waals surface area contributed by atoms with Crippen molar-refractivity contribution < 1.29 is 80.2 Å². The molecule has 0 spiro atoms. The van der Waals surface area contributed by atoms with Crippen LogP contribution < -0.4 is 0 Å². The highest BCUT2D eigenvalue weighted by Crippen LogP contribution is 2.45. The molecule has 3 N–H and O–H groups in total. The second kappa shape index (κ2) is 68.2. The van der Waals surface area contributed by atoms with E-state index in [9.17, 15) is 43.2 Å². The molecule has 0 amide bonds. The Morgan fingerprint density at radius 3 is 0.724 bits per heavy atom. The molecule has 7 atom stereocenters. The number of carbonyl (C=O) groups is 4. The van der Waals surface area contributed by atoms with Gasteiger partial charge >= 0.3 is 39.5 Å². The van der Waals surface area contributed by atoms with E-state index in [-0.39, 0.29) is 25.7 Å². The quantitative estimate of drug-likeness (QED) is 0.0222. The molecule has 0 saturated carbocycles. The maximum atomic E-state index is 13.1. The van der Waals surface area contributed by atoms with Gasteiger partial charge in [-0.2, -0.15) is 0 Å². The Morgan fingerprint density at radius 1 is 0.286 bits per heavy atom. The molecule has 0 saturated heterocycles. The minimum Gasteiger partial charge on any atom is -0.462 e. The molecule has 0 aliphatic rings. The second-order valence-corrected chi connectivity index (χ2v) is 32.8. The number of unbranched alkanes of at least 4 members (excludes halogenated alkanes) is 40. The lowest BCUT2D eigenvalue weighted by Crippen LogP contribution is -2.30. The third-order valence-corrected chi connectivity index (χ3v) is 20.9. The van der Waals surface area contributed by atoms with Gasteiger partial charge in [-0.05, 0) is 49.4 Å². The number of carbonyl (C=O) groups excluding carboxylic acids is 4. The first kappa shape index (κ1) is 96.1. The Balaban J connectivity index is 5.23. The summed E-state index contributed by atoms with van der Waals surface area (Å²) in [6, 6.07) is 0. The Labute approximate surface area is 600 Å². The van der Waals surface area contributed by atoms with Gasteiger partial charge in [-0.15, -0.1) is 0 Å². The van der Waals surface area contributed by atoms with Crippen molar-refractivity contribution >= 4 is 39.5 Å². The Hall–Kier alpha value is -1.94. The Kier molecular flexibility index (Phi) is 66.8. The number of phosphoric ester groups is 2. The van der Waals surface area contributed by atoms with Gasteiger partial charge in [0.1, 0.15) is 19.3 Å². The van der Waals surface area contributed by atoms with Crippen LogP contribution in [0.5, 0.6) is 0 Å². The van der Waals surface area contributed by atoms with E-state index in [4.69, 9.17) is 37.0 Å². The van der Waals surface area contributed by atoms with Crippen LogP contribution in [0, 0.1) is 23.7 Å². The van der Waals surface area contributed by atoms with Gasteiger partial charge in [-0.1, -0.05) is 351 Å². The molecular formula is C79H154O17P2. The summed E-state index contributed by atoms with van der Waals surface area (Å²) in [4.78, 5) is 72.9. The number of ether oxygens (including phenoxy) is 4. The lowest BCUT2D eigenvalue weighted by molar-refractivity contribution is -0.161. The molecule has 98 heavy (non-hydrogen) atoms. The first-order valence-corrected chi connectivity index (χ1v) is 43.8. The summed E-state index contributed by atoms with van der Waals surface area (Å²) in [6.45, 7) is 14.3. The van der Waals surface area contributed by atoms with Crippen LogP contribution in [0.1, 0.15) is 402 Å². The predicted octanol–water partition coefficient (Wildman–Crippen LogP) is 23.2. The summed E-state index contributed by atoms with van der Waals surface area (Å²) >= 11 is 0. The lowest BCUT2D eigenvalue weighted by atomic mass is 9.99. The summed E-state index contributed by atoms with van der Waals surface area (Å²) in [5, 5.41) is 10.6. The molecule has 17 nitrogen and oxygen atoms in total. The van der Waals surface area contributed by atoms with E-state index in [1.807, 2.05) is 0 Å². The standard InChI is InChI=1S/C79H154O17P2/c1-9-71(7)57-49-41-32-26-20-16-12-14-18-22-30-36-46-54-62-79(84)96-75(66-90-77(82)60-52-44-38-37-40-48-56-70(5)6)68-94-98(87,88)92-64-73(80)63-91-97(85,86)93-67-74(65-89-76(81)59-51-43-34-28-24-23-27-33-42-50-58-72(8)10-2)95-78(83)61-53-45-35-29-21-17-13-11-15-19-25-31-39-47-55-69(3)4/h69-75,80H,9-68H2,1-8H3,(H,85,86)(H,87,88)/t71?,72?,73-,74-,75-/m1/s1. The third kappa shape index (κ3) is 69.8. The highest BCUT2D eigenvalue weighted by molar-refractivity contribution is 7.47. The van der Waals surface area contributed by atoms with Gasteiger partial charge in [0, 0.05) is 25.7 Å². The zero-order valence-electron chi connectivity index (χ0n) is 64.4. The molecule has 0 aromatic carbocycles. The van der Waals surface area contributed by atoms with Crippen molar-refractivity contribution in [2.45, 2.75) is 420 Å². The van der Waals surface area contributed by atoms with Gasteiger partial charge in [0.2, 0.25) is 0 Å². The number of hydrogen-bond donors (Lipinski definition) is 3. The fourth-order valence-electron chi connectivity index (χ4n) is 12.0. The summed E-state index contributed by atoms with van der Waals surface area (Å²) in [7, 11) is -9.92. The first-order valence-electron chi connectivity index (χ1n) is 40.8. The van der Waals surface area contributed by atoms with Crippen molar-refractivity contribution in [3.05, 3.63) is 0 Å². The smallest absolute Gasteiger partial charge is 0.462 e. The number of phosphoric acid groups is 2. The van der Waals surface area contributed by atoms with Crippen molar-refractivity contribution in [3.63, 3.8) is 0 Å². The third-order valence-electron chi connectivity index (χ3n) is 19.0. The average molecular weight is 1440 g/mol. The average Bonchev–Trinajstić information content (AvgIpc) is 1.80. The summed E-state index contributed by atoms with van der Waals surface area (Å²) < 4.78 is 68.6. The Bertz CT molecular complexity index is 1920. The maximum Gasteiger partial charge on any atom is 0.472 e. The second-order valence-electron chi connectivity index (χ2n) is 29.9. The van der Waals surface area contributed by atoms with E-state index in [2.05, 4.69) is 55.4 Å². The monoisotopic (exact) mass is 1440 g/mol. The first-order chi connectivity index (χ1) is 47.2. The number of hydrogen-bond acceptors (Lipinski definition) is 15. The molecule has 4 unspecified atom stereocenters. The molecule has 19 heteroatoms. The number of aliphatic hydroxyl groups excluding tert-OH is 1. The van der Waals surface area contributed by atoms with Gasteiger partial charge in [0.25, 0.3) is 0 Å². The molecule has 0 radical (unpaired) electrons. The van der Waals surface area contributed by atoms with Crippen LogP contribution in [0.3, 0.4) is 0 Å². The van der Waals surface area contributed by atoms with E-state index < -0.39 is 97.5 Å². The van der Waals surface area contributed by atoms with Crippen LogP contribution in [0.4, 0.5) is 0 Å². The predicted molar refractivity (Wildman–Crippen MR) is 400 cm³/mol. The minimum atomic E-state index is -4.96. The van der Waals surface area contributed by atoms with Gasteiger partial charge in [0.15, 0.2) is 12.2 Å². The molecule has 0 fully saturated rings. The molecule has 582 valence electrons. The van der Waals surface area contributed by atoms with Crippen LogP contribution in [0.25, 0.3) is 0 Å². The van der Waals surface area contributed by atoms with Crippen LogP contribution in [0.15, 0.2) is 0 Å². The van der Waals surface area contributed by atoms with Crippen molar-refractivity contribution in [1.29, 1.82) is 0 Å². The zero-order valence-corrected chi connectivity index (χ0v) is 66.2. The molecule has 0 heterocycles. The van der Waals surface area contributed by atoms with Crippen molar-refractivity contribution in [2.75, 3.05) is 39.6 Å². The van der Waals surface area contributed by atoms with Crippen molar-refractivity contribution in [1.82, 2.24) is 0 Å². The van der Waals surface area contributed by atoms with Gasteiger partial charge in [-0.25, -0.2) is 9.13 Å². The maximum absolute atomic E-state index is 13.1. The topological polar surface area (TPSA) is 237 Å². The van der Waals surface area contributed by atoms with Gasteiger partial charge < -0.3 is 33.8 Å². The highest BCUT2D eigenvalue weighted by atomic mass is 31.2. The summed E-state index contributed by atoms with van der Waals surface area (Å²) in [5.74, 6) is 1.01. The summed E-state index contributed by atoms with van der Waals surface area (Å²) in [5.41, 5.74) is 0. The van der Waals surface area contributed by atoms with E-state index >= 15 is 0 Å². The van der Waals surface area contributed by atoms with E-state index in [1.165, 1.54) is 199 Å². The molecule has 0 aromatic rings. The normalized spacial score (nSPS) is 14.6. The van der Waals surface area contributed by atoms with Crippen LogP contribution >= 0.6 is 15.6 Å². The fourth-order valence-corrected chi connectivity index (χ4v) is 13.6. The molecule has 0 rings (SSSR count). The number of rotatable bonds is 76. The highest BCUT2D eigenvalue weighted by Gasteiger charge is 2.30. The zero-order chi connectivity index (χ0) is 72.4. The van der Waals surface area contributed by atoms with Gasteiger partial charge in [-0.3, -0.25) is 37.3 Å².